The van der Waals surface area contributed by atoms with Crippen LogP contribution in [0.25, 0.3) is 16.8 Å². The molecule has 0 aliphatic heterocycles. The smallest absolute Gasteiger partial charge is 0.0391 e. The second-order valence-corrected chi connectivity index (χ2v) is 3.33. The number of hydrogen-bond donors (Lipinski definition) is 2. The second-order valence-electron chi connectivity index (χ2n) is 3.33. The Balaban J connectivity index is 2.42. The third kappa shape index (κ3) is 2.24. The zero-order chi connectivity index (χ0) is 10.5. The van der Waals surface area contributed by atoms with Gasteiger partial charge in [0.15, 0.2) is 0 Å². The van der Waals surface area contributed by atoms with Crippen molar-refractivity contribution in [2.75, 3.05) is 6.54 Å². The van der Waals surface area contributed by atoms with Crippen molar-refractivity contribution in [3.05, 3.63) is 54.1 Å². The highest BCUT2D eigenvalue weighted by Gasteiger charge is 1.95. The number of fused-ring (bicyclic) bond motifs is 1. The summed E-state index contributed by atoms with van der Waals surface area (Å²) >= 11 is 0. The molecule has 2 heteroatoms. The van der Waals surface area contributed by atoms with Crippen molar-refractivity contribution in [2.45, 2.75) is 0 Å². The van der Waals surface area contributed by atoms with Crippen LogP contribution in [0.5, 0.6) is 0 Å². The molecule has 0 atom stereocenters. The van der Waals surface area contributed by atoms with Crippen LogP contribution in [0.2, 0.25) is 0 Å². The average Bonchev–Trinajstić information content (AvgIpc) is 2.30. The van der Waals surface area contributed by atoms with E-state index in [0.717, 1.165) is 0 Å². The van der Waals surface area contributed by atoms with E-state index in [1.165, 1.54) is 16.3 Å². The molecule has 0 aliphatic rings. The van der Waals surface area contributed by atoms with Crippen molar-refractivity contribution in [3.8, 4) is 0 Å². The van der Waals surface area contributed by atoms with Crippen molar-refractivity contribution in [2.24, 2.45) is 0 Å². The molecular weight excluding hydrogens is 186 g/mol. The molecule has 15 heavy (non-hydrogen) atoms. The van der Waals surface area contributed by atoms with E-state index >= 15 is 0 Å². The third-order valence-corrected chi connectivity index (χ3v) is 2.33. The van der Waals surface area contributed by atoms with E-state index in [2.05, 4.69) is 29.7 Å². The van der Waals surface area contributed by atoms with Gasteiger partial charge in [-0.3, -0.25) is 0 Å². The Morgan fingerprint density at radius 1 is 1.07 bits per heavy atom. The molecule has 0 heterocycles. The lowest BCUT2D eigenvalue weighted by atomic mass is 10.0. The Morgan fingerprint density at radius 3 is 2.73 bits per heavy atom. The first-order chi connectivity index (χ1) is 7.42. The zero-order valence-corrected chi connectivity index (χ0v) is 8.35. The number of benzene rings is 2. The lowest BCUT2D eigenvalue weighted by molar-refractivity contribution is 0.180. The minimum absolute atomic E-state index is 0.462. The summed E-state index contributed by atoms with van der Waals surface area (Å²) < 4.78 is 0. The van der Waals surface area contributed by atoms with Crippen molar-refractivity contribution in [3.63, 3.8) is 0 Å². The Morgan fingerprint density at radius 2 is 1.87 bits per heavy atom. The monoisotopic (exact) mass is 199 g/mol. The molecular formula is C13H13NO. The molecule has 2 rings (SSSR count). The summed E-state index contributed by atoms with van der Waals surface area (Å²) in [5.74, 6) is 0. The van der Waals surface area contributed by atoms with Crippen molar-refractivity contribution in [1.82, 2.24) is 5.48 Å². The Hall–Kier alpha value is -1.64. The van der Waals surface area contributed by atoms with Gasteiger partial charge in [0.1, 0.15) is 0 Å². The fraction of sp³-hybridized carbons (Fsp3) is 0.0769. The van der Waals surface area contributed by atoms with E-state index in [1.807, 2.05) is 30.4 Å². The summed E-state index contributed by atoms with van der Waals surface area (Å²) in [7, 11) is 0. The third-order valence-electron chi connectivity index (χ3n) is 2.33. The Labute approximate surface area is 88.8 Å². The maximum Gasteiger partial charge on any atom is 0.0391 e. The van der Waals surface area contributed by atoms with Crippen molar-refractivity contribution >= 4 is 16.8 Å². The van der Waals surface area contributed by atoms with Crippen LogP contribution in [0.15, 0.2) is 48.5 Å². The van der Waals surface area contributed by atoms with E-state index in [9.17, 15) is 0 Å². The van der Waals surface area contributed by atoms with Gasteiger partial charge in [-0.25, -0.2) is 5.48 Å². The SMILES string of the molecule is ONCC=Cc1cccc2ccccc12. The Kier molecular flexibility index (Phi) is 3.12. The Bertz CT molecular complexity index is 471. The van der Waals surface area contributed by atoms with Crippen LogP contribution < -0.4 is 5.48 Å². The average molecular weight is 199 g/mol. The van der Waals surface area contributed by atoms with E-state index < -0.39 is 0 Å². The number of hydrogen-bond acceptors (Lipinski definition) is 2. The van der Waals surface area contributed by atoms with E-state index in [4.69, 9.17) is 5.21 Å². The van der Waals surface area contributed by atoms with Gasteiger partial charge in [-0.05, 0) is 16.3 Å². The zero-order valence-electron chi connectivity index (χ0n) is 8.35. The van der Waals surface area contributed by atoms with Gasteiger partial charge in [0, 0.05) is 6.54 Å². The highest BCUT2D eigenvalue weighted by molar-refractivity contribution is 5.90. The molecule has 0 amide bonds. The van der Waals surface area contributed by atoms with Crippen LogP contribution in [0.3, 0.4) is 0 Å². The van der Waals surface area contributed by atoms with Gasteiger partial charge in [-0.1, -0.05) is 54.6 Å². The van der Waals surface area contributed by atoms with E-state index in [0.29, 0.717) is 6.54 Å². The van der Waals surface area contributed by atoms with E-state index in [1.54, 1.807) is 0 Å². The summed E-state index contributed by atoms with van der Waals surface area (Å²) in [6, 6.07) is 14.5. The van der Waals surface area contributed by atoms with Gasteiger partial charge < -0.3 is 5.21 Å². The molecule has 0 spiro atoms. The van der Waals surface area contributed by atoms with Gasteiger partial charge >= 0.3 is 0 Å². The van der Waals surface area contributed by atoms with Gasteiger partial charge in [-0.15, -0.1) is 0 Å². The minimum Gasteiger partial charge on any atom is -0.317 e. The summed E-state index contributed by atoms with van der Waals surface area (Å²) in [5.41, 5.74) is 3.27. The molecule has 2 aromatic rings. The quantitative estimate of drug-likeness (QED) is 0.745. The fourth-order valence-electron chi connectivity index (χ4n) is 1.63. The highest BCUT2D eigenvalue weighted by Crippen LogP contribution is 2.19. The van der Waals surface area contributed by atoms with Crippen LogP contribution in [0, 0.1) is 0 Å². The largest absolute Gasteiger partial charge is 0.317 e. The first kappa shape index (κ1) is 9.90. The van der Waals surface area contributed by atoms with Crippen LogP contribution in [-0.4, -0.2) is 11.8 Å². The molecule has 0 fully saturated rings. The van der Waals surface area contributed by atoms with Crippen molar-refractivity contribution in [1.29, 1.82) is 0 Å². The maximum absolute atomic E-state index is 8.46. The second kappa shape index (κ2) is 4.73. The molecule has 0 unspecified atom stereocenters. The fourth-order valence-corrected chi connectivity index (χ4v) is 1.63. The summed E-state index contributed by atoms with van der Waals surface area (Å²) in [6.45, 7) is 0.462. The number of nitrogens with one attached hydrogen (secondary N) is 1. The molecule has 2 nitrogen and oxygen atoms in total. The summed E-state index contributed by atoms with van der Waals surface area (Å²) in [5, 5.41) is 10.9. The van der Waals surface area contributed by atoms with Crippen LogP contribution in [-0.2, 0) is 0 Å². The first-order valence-electron chi connectivity index (χ1n) is 4.93. The molecule has 2 N–H and O–H groups in total. The van der Waals surface area contributed by atoms with Crippen LogP contribution in [0.4, 0.5) is 0 Å². The van der Waals surface area contributed by atoms with Gasteiger partial charge in [0.2, 0.25) is 0 Å². The predicted molar refractivity (Wildman–Crippen MR) is 62.8 cm³/mol. The van der Waals surface area contributed by atoms with Crippen LogP contribution >= 0.6 is 0 Å². The van der Waals surface area contributed by atoms with Gasteiger partial charge in [-0.2, -0.15) is 0 Å². The minimum atomic E-state index is 0.462. The standard InChI is InChI=1S/C13H13NO/c15-14-10-4-8-12-7-3-6-11-5-1-2-9-13(11)12/h1-9,14-15H,10H2. The predicted octanol–water partition coefficient (Wildman–Crippen LogP) is 2.83. The maximum atomic E-state index is 8.46. The lowest BCUT2D eigenvalue weighted by Gasteiger charge is -2.01. The molecule has 0 radical (unpaired) electrons. The summed E-state index contributed by atoms with van der Waals surface area (Å²) in [4.78, 5) is 0. The summed E-state index contributed by atoms with van der Waals surface area (Å²) in [6.07, 6.45) is 3.90. The lowest BCUT2D eigenvalue weighted by Crippen LogP contribution is -2.04. The topological polar surface area (TPSA) is 32.3 Å². The molecule has 0 aromatic heterocycles. The van der Waals surface area contributed by atoms with E-state index in [-0.39, 0.29) is 0 Å². The molecule has 76 valence electrons. The first-order valence-corrected chi connectivity index (χ1v) is 4.93. The van der Waals surface area contributed by atoms with Crippen LogP contribution in [0.1, 0.15) is 5.56 Å². The van der Waals surface area contributed by atoms with Gasteiger partial charge in [0.25, 0.3) is 0 Å². The molecule has 2 aromatic carbocycles. The molecule has 0 aliphatic carbocycles. The number of rotatable bonds is 3. The molecule has 0 saturated heterocycles. The molecule has 0 bridgehead atoms. The van der Waals surface area contributed by atoms with Gasteiger partial charge in [0.05, 0.1) is 0 Å². The highest BCUT2D eigenvalue weighted by atomic mass is 16.5. The normalized spacial score (nSPS) is 11.3. The molecule has 0 saturated carbocycles. The van der Waals surface area contributed by atoms with Crippen molar-refractivity contribution < 1.29 is 5.21 Å². The number of hydroxylamine groups is 1.